The number of nitrogens with zero attached hydrogens (tertiary/aromatic N) is 2. The molecule has 1 saturated heterocycles. The number of alkyl halides is 4. The monoisotopic (exact) mass is 411 g/mol. The molecular weight excluding hydrogens is 390 g/mol. The van der Waals surface area contributed by atoms with Gasteiger partial charge in [0.05, 0.1) is 5.54 Å². The van der Waals surface area contributed by atoms with Crippen molar-refractivity contribution >= 4 is 17.7 Å². The zero-order valence-corrected chi connectivity index (χ0v) is 16.0. The number of aromatic nitrogens is 1. The summed E-state index contributed by atoms with van der Waals surface area (Å²) in [6.07, 6.45) is -5.15. The molecule has 2 heterocycles. The molecule has 1 aliphatic rings. The first-order chi connectivity index (χ1) is 12.4. The lowest BCUT2D eigenvalue weighted by molar-refractivity contribution is -0.197. The molecule has 5 nitrogen and oxygen atoms in total. The first-order valence-corrected chi connectivity index (χ1v) is 8.75. The molecule has 2 rings (SSSR count). The third-order valence-corrected chi connectivity index (χ3v) is 4.43. The van der Waals surface area contributed by atoms with Crippen molar-refractivity contribution < 1.29 is 27.1 Å². The summed E-state index contributed by atoms with van der Waals surface area (Å²) < 4.78 is 61.4. The van der Waals surface area contributed by atoms with Gasteiger partial charge in [0.15, 0.2) is 6.04 Å². The predicted octanol–water partition coefficient (Wildman–Crippen LogP) is 4.28. The van der Waals surface area contributed by atoms with Crippen molar-refractivity contribution in [1.29, 1.82) is 0 Å². The highest BCUT2D eigenvalue weighted by Gasteiger charge is 2.56. The van der Waals surface area contributed by atoms with Crippen LogP contribution in [0.5, 0.6) is 0 Å². The Bertz CT molecular complexity index is 656. The van der Waals surface area contributed by atoms with E-state index in [2.05, 4.69) is 10.3 Å². The Balaban J connectivity index is 2.59. The Labute approximate surface area is 160 Å². The quantitative estimate of drug-likeness (QED) is 0.593. The number of hydrogen-bond acceptors (Lipinski definition) is 4. The second kappa shape index (κ2) is 7.79. The van der Waals surface area contributed by atoms with Crippen molar-refractivity contribution in [3.05, 3.63) is 29.0 Å². The molecule has 27 heavy (non-hydrogen) atoms. The van der Waals surface area contributed by atoms with E-state index in [9.17, 15) is 22.4 Å². The zero-order chi connectivity index (χ0) is 20.5. The molecule has 1 N–H and O–H groups in total. The van der Waals surface area contributed by atoms with Crippen LogP contribution in [0.2, 0.25) is 5.15 Å². The summed E-state index contributed by atoms with van der Waals surface area (Å²) >= 11 is 5.67. The van der Waals surface area contributed by atoms with Gasteiger partial charge in [-0.15, -0.1) is 0 Å². The lowest BCUT2D eigenvalue weighted by Crippen LogP contribution is -2.60. The number of carbonyl (C=O) groups excluding carboxylic acids is 1. The Morgan fingerprint density at radius 1 is 1.41 bits per heavy atom. The van der Waals surface area contributed by atoms with Gasteiger partial charge in [0, 0.05) is 18.3 Å². The summed E-state index contributed by atoms with van der Waals surface area (Å²) in [4.78, 5) is 17.0. The average Bonchev–Trinajstić information content (AvgIpc) is 3.00. The number of rotatable bonds is 4. The molecule has 0 aromatic carbocycles. The summed E-state index contributed by atoms with van der Waals surface area (Å²) in [5.41, 5.74) is -3.05. The van der Waals surface area contributed by atoms with E-state index in [-0.39, 0.29) is 30.2 Å². The van der Waals surface area contributed by atoms with Crippen molar-refractivity contribution in [1.82, 2.24) is 15.2 Å². The maximum atomic E-state index is 14.1. The standard InChI is InChI=1S/C17H22ClF4N3O2/c1-15(2,3)27-14(26)25(16(9-19)6-7-23-10-16)13(17(20,21)22)11-4-5-12(18)24-8-11/h4-5,8,13,23H,6-7,9-10H2,1-3H3/t13-,16?/m1/s1. The molecule has 1 aromatic rings. The number of pyridine rings is 1. The van der Waals surface area contributed by atoms with Crippen molar-refractivity contribution in [3.63, 3.8) is 0 Å². The number of amides is 1. The first-order valence-electron chi connectivity index (χ1n) is 8.37. The van der Waals surface area contributed by atoms with Gasteiger partial charge in [0.25, 0.3) is 0 Å². The molecule has 1 aliphatic heterocycles. The second-order valence-corrected chi connectivity index (χ2v) is 7.88. The number of halogens is 5. The molecule has 0 spiro atoms. The molecule has 1 fully saturated rings. The second-order valence-electron chi connectivity index (χ2n) is 7.49. The molecule has 0 saturated carbocycles. The fourth-order valence-electron chi connectivity index (χ4n) is 3.03. The molecule has 0 aliphatic carbocycles. The fourth-order valence-corrected chi connectivity index (χ4v) is 3.14. The molecule has 1 amide bonds. The Morgan fingerprint density at radius 2 is 2.07 bits per heavy atom. The summed E-state index contributed by atoms with van der Waals surface area (Å²) in [7, 11) is 0. The van der Waals surface area contributed by atoms with Crippen LogP contribution < -0.4 is 5.32 Å². The topological polar surface area (TPSA) is 54.5 Å². The van der Waals surface area contributed by atoms with Crippen LogP contribution in [0.25, 0.3) is 0 Å². The van der Waals surface area contributed by atoms with Gasteiger partial charge < -0.3 is 10.1 Å². The Kier molecular flexibility index (Phi) is 6.26. The highest BCUT2D eigenvalue weighted by molar-refractivity contribution is 6.29. The SMILES string of the molecule is CC(C)(C)OC(=O)N([C@H](c1ccc(Cl)nc1)C(F)(F)F)C1(CF)CCNC1. The van der Waals surface area contributed by atoms with Crippen LogP contribution in [0.3, 0.4) is 0 Å². The minimum absolute atomic E-state index is 0.00577. The Hall–Kier alpha value is -1.61. The molecule has 152 valence electrons. The van der Waals surface area contributed by atoms with Gasteiger partial charge in [-0.05, 0) is 39.8 Å². The maximum absolute atomic E-state index is 14.1. The number of ether oxygens (including phenoxy) is 1. The molecule has 2 atom stereocenters. The number of nitrogens with one attached hydrogen (secondary N) is 1. The van der Waals surface area contributed by atoms with Crippen LogP contribution in [0.1, 0.15) is 38.8 Å². The summed E-state index contributed by atoms with van der Waals surface area (Å²) in [5, 5.41) is 2.84. The van der Waals surface area contributed by atoms with Gasteiger partial charge in [-0.3, -0.25) is 4.90 Å². The van der Waals surface area contributed by atoms with Crippen molar-refractivity contribution in [2.75, 3.05) is 19.8 Å². The van der Waals surface area contributed by atoms with Crippen LogP contribution in [-0.2, 0) is 4.74 Å². The van der Waals surface area contributed by atoms with E-state index in [1.165, 1.54) is 26.8 Å². The molecule has 0 radical (unpaired) electrons. The van der Waals surface area contributed by atoms with Gasteiger partial charge in [0.2, 0.25) is 0 Å². The lowest BCUT2D eigenvalue weighted by atomic mass is 9.93. The van der Waals surface area contributed by atoms with E-state index in [0.717, 1.165) is 12.3 Å². The van der Waals surface area contributed by atoms with E-state index in [0.29, 0.717) is 4.90 Å². The molecule has 10 heteroatoms. The van der Waals surface area contributed by atoms with Gasteiger partial charge in [0.1, 0.15) is 17.4 Å². The zero-order valence-electron chi connectivity index (χ0n) is 15.2. The third kappa shape index (κ3) is 5.01. The molecule has 1 aromatic heterocycles. The third-order valence-electron chi connectivity index (χ3n) is 4.21. The van der Waals surface area contributed by atoms with Crippen LogP contribution in [0, 0.1) is 0 Å². The van der Waals surface area contributed by atoms with Gasteiger partial charge in [-0.25, -0.2) is 14.2 Å². The van der Waals surface area contributed by atoms with E-state index in [1.54, 1.807) is 0 Å². The molecule has 1 unspecified atom stereocenters. The highest BCUT2D eigenvalue weighted by Crippen LogP contribution is 2.43. The predicted molar refractivity (Wildman–Crippen MR) is 92.3 cm³/mol. The van der Waals surface area contributed by atoms with E-state index >= 15 is 0 Å². The molecule has 0 bridgehead atoms. The van der Waals surface area contributed by atoms with E-state index in [1.807, 2.05) is 0 Å². The largest absolute Gasteiger partial charge is 0.444 e. The van der Waals surface area contributed by atoms with Crippen molar-refractivity contribution in [3.8, 4) is 0 Å². The van der Waals surface area contributed by atoms with Crippen LogP contribution >= 0.6 is 11.6 Å². The first kappa shape index (κ1) is 21.7. The highest BCUT2D eigenvalue weighted by atomic mass is 35.5. The summed E-state index contributed by atoms with van der Waals surface area (Å²) in [6.45, 7) is 3.62. The normalized spacial score (nSPS) is 21.8. The van der Waals surface area contributed by atoms with Crippen LogP contribution in [0.15, 0.2) is 18.3 Å². The number of hydrogen-bond donors (Lipinski definition) is 1. The van der Waals surface area contributed by atoms with Crippen molar-refractivity contribution in [2.45, 2.75) is 50.6 Å². The Morgan fingerprint density at radius 3 is 2.48 bits per heavy atom. The van der Waals surface area contributed by atoms with E-state index < -0.39 is 36.1 Å². The van der Waals surface area contributed by atoms with Gasteiger partial charge in [-0.2, -0.15) is 13.2 Å². The average molecular weight is 412 g/mol. The summed E-state index contributed by atoms with van der Waals surface area (Å²) in [5.74, 6) is 0. The fraction of sp³-hybridized carbons (Fsp3) is 0.647. The maximum Gasteiger partial charge on any atom is 0.413 e. The smallest absolute Gasteiger partial charge is 0.413 e. The molecular formula is C17H22ClF4N3O2. The minimum Gasteiger partial charge on any atom is -0.444 e. The van der Waals surface area contributed by atoms with Gasteiger partial charge in [-0.1, -0.05) is 17.7 Å². The number of carbonyl (C=O) groups is 1. The summed E-state index contributed by atoms with van der Waals surface area (Å²) in [6, 6.07) is -0.107. The van der Waals surface area contributed by atoms with Crippen LogP contribution in [0.4, 0.5) is 22.4 Å². The van der Waals surface area contributed by atoms with E-state index in [4.69, 9.17) is 16.3 Å². The van der Waals surface area contributed by atoms with Crippen LogP contribution in [-0.4, -0.2) is 53.1 Å². The van der Waals surface area contributed by atoms with Gasteiger partial charge >= 0.3 is 12.3 Å². The van der Waals surface area contributed by atoms with Crippen molar-refractivity contribution in [2.24, 2.45) is 0 Å². The lowest BCUT2D eigenvalue weighted by Gasteiger charge is -2.44. The minimum atomic E-state index is -4.88.